The molecular formula is C20H29N5O3S. The van der Waals surface area contributed by atoms with E-state index in [-0.39, 0.29) is 30.4 Å². The number of carbonyl (C=O) groups is 2. The van der Waals surface area contributed by atoms with Crippen LogP contribution < -0.4 is 9.62 Å². The van der Waals surface area contributed by atoms with Gasteiger partial charge in [-0.1, -0.05) is 13.8 Å². The number of pyridine rings is 1. The third-order valence-corrected chi connectivity index (χ3v) is 6.68. The number of nitrogens with one attached hydrogen (secondary N) is 1. The van der Waals surface area contributed by atoms with Crippen molar-refractivity contribution in [2.75, 3.05) is 18.5 Å². The number of nitrogens with zero attached hydrogens (tertiary/aromatic N) is 4. The number of hydrogen-bond donors (Lipinski definition) is 1. The Hall–Kier alpha value is -2.26. The molecule has 3 rings (SSSR count). The Labute approximate surface area is 173 Å². The summed E-state index contributed by atoms with van der Waals surface area (Å²) in [6, 6.07) is 1.32. The van der Waals surface area contributed by atoms with Crippen molar-refractivity contribution < 1.29 is 13.8 Å². The summed E-state index contributed by atoms with van der Waals surface area (Å²) in [4.78, 5) is 31.9. The van der Waals surface area contributed by atoms with E-state index in [1.54, 1.807) is 0 Å². The van der Waals surface area contributed by atoms with Gasteiger partial charge in [0.1, 0.15) is 6.54 Å². The molecule has 2 aromatic rings. The lowest BCUT2D eigenvalue weighted by Crippen LogP contribution is -2.34. The van der Waals surface area contributed by atoms with Gasteiger partial charge in [-0.05, 0) is 45.2 Å². The Morgan fingerprint density at radius 1 is 1.17 bits per heavy atom. The summed E-state index contributed by atoms with van der Waals surface area (Å²) >= 11 is 0. The molecule has 29 heavy (non-hydrogen) atoms. The van der Waals surface area contributed by atoms with Gasteiger partial charge in [0.2, 0.25) is 5.91 Å². The SMILES string of the molecule is CC(C)c1cc(N2CC(=O)N(C)C2=O)c2nc([C@@H](C)N[S@](=O)C(C)(C)C)cn2c1. The predicted molar refractivity (Wildman–Crippen MR) is 114 cm³/mol. The summed E-state index contributed by atoms with van der Waals surface area (Å²) in [5.41, 5.74) is 2.95. The van der Waals surface area contributed by atoms with Crippen LogP contribution in [0.3, 0.4) is 0 Å². The molecule has 1 saturated heterocycles. The molecule has 0 aliphatic carbocycles. The van der Waals surface area contributed by atoms with Crippen molar-refractivity contribution in [2.45, 2.75) is 58.2 Å². The van der Waals surface area contributed by atoms with Crippen molar-refractivity contribution in [1.29, 1.82) is 0 Å². The van der Waals surface area contributed by atoms with E-state index in [0.29, 0.717) is 11.3 Å². The van der Waals surface area contributed by atoms with Crippen molar-refractivity contribution >= 4 is 34.3 Å². The average Bonchev–Trinajstić information content (AvgIpc) is 3.17. The monoisotopic (exact) mass is 419 g/mol. The number of likely N-dealkylation sites (N-methyl/N-ethyl adjacent to an activating group) is 1. The molecular weight excluding hydrogens is 390 g/mol. The van der Waals surface area contributed by atoms with Crippen LogP contribution in [-0.2, 0) is 15.8 Å². The highest BCUT2D eigenvalue weighted by molar-refractivity contribution is 7.84. The van der Waals surface area contributed by atoms with E-state index >= 15 is 0 Å². The zero-order valence-corrected chi connectivity index (χ0v) is 18.8. The Kier molecular flexibility index (Phi) is 5.57. The molecule has 0 unspecified atom stereocenters. The number of carbonyl (C=O) groups excluding carboxylic acids is 2. The van der Waals surface area contributed by atoms with Gasteiger partial charge in [0.25, 0.3) is 0 Å². The third-order valence-electron chi connectivity index (χ3n) is 5.00. The van der Waals surface area contributed by atoms with Crippen LogP contribution in [0, 0.1) is 0 Å². The zero-order chi connectivity index (χ0) is 21.7. The Morgan fingerprint density at radius 2 is 1.83 bits per heavy atom. The summed E-state index contributed by atoms with van der Waals surface area (Å²) < 4.78 is 17.1. The van der Waals surface area contributed by atoms with Crippen molar-refractivity contribution in [1.82, 2.24) is 19.0 Å². The first-order chi connectivity index (χ1) is 13.4. The summed E-state index contributed by atoms with van der Waals surface area (Å²) in [6.45, 7) is 11.8. The number of urea groups is 1. The number of aromatic nitrogens is 2. The van der Waals surface area contributed by atoms with Crippen LogP contribution in [0.5, 0.6) is 0 Å². The molecule has 1 aliphatic heterocycles. The standard InChI is InChI=1S/C20H29N5O3S/c1-12(2)14-8-16(25-11-17(26)23(7)19(25)27)18-21-15(10-24(18)9-14)13(3)22-29(28)20(4,5)6/h8-10,12-13,22H,11H2,1-7H3/t13-,29-/m1/s1. The van der Waals surface area contributed by atoms with Crippen LogP contribution in [-0.4, -0.2) is 48.8 Å². The lowest BCUT2D eigenvalue weighted by Gasteiger charge is -2.20. The molecule has 1 N–H and O–H groups in total. The summed E-state index contributed by atoms with van der Waals surface area (Å²) in [6.07, 6.45) is 3.87. The fourth-order valence-corrected chi connectivity index (χ4v) is 3.82. The van der Waals surface area contributed by atoms with E-state index in [9.17, 15) is 13.8 Å². The number of hydrogen-bond acceptors (Lipinski definition) is 4. The van der Waals surface area contributed by atoms with E-state index in [1.165, 1.54) is 11.9 Å². The van der Waals surface area contributed by atoms with Gasteiger partial charge in [-0.15, -0.1) is 0 Å². The second-order valence-corrected chi connectivity index (χ2v) is 10.8. The lowest BCUT2D eigenvalue weighted by molar-refractivity contribution is -0.123. The molecule has 2 atom stereocenters. The maximum absolute atomic E-state index is 12.6. The highest BCUT2D eigenvalue weighted by Crippen LogP contribution is 2.30. The maximum Gasteiger partial charge on any atom is 0.331 e. The smallest absolute Gasteiger partial charge is 0.305 e. The van der Waals surface area contributed by atoms with E-state index in [1.807, 2.05) is 50.6 Å². The Morgan fingerprint density at radius 3 is 2.34 bits per heavy atom. The summed E-state index contributed by atoms with van der Waals surface area (Å²) in [5, 5.41) is 0. The van der Waals surface area contributed by atoms with Gasteiger partial charge < -0.3 is 4.40 Å². The van der Waals surface area contributed by atoms with Gasteiger partial charge in [-0.3, -0.25) is 14.6 Å². The minimum atomic E-state index is -1.24. The van der Waals surface area contributed by atoms with E-state index < -0.39 is 15.7 Å². The van der Waals surface area contributed by atoms with Gasteiger partial charge >= 0.3 is 6.03 Å². The topological polar surface area (TPSA) is 87.0 Å². The number of anilines is 1. The molecule has 158 valence electrons. The normalized spacial score (nSPS) is 17.7. The van der Waals surface area contributed by atoms with Crippen molar-refractivity contribution in [3.05, 3.63) is 29.7 Å². The van der Waals surface area contributed by atoms with Crippen LogP contribution in [0.25, 0.3) is 5.65 Å². The first-order valence-corrected chi connectivity index (χ1v) is 10.8. The predicted octanol–water partition coefficient (Wildman–Crippen LogP) is 2.97. The van der Waals surface area contributed by atoms with Crippen LogP contribution in [0.2, 0.25) is 0 Å². The zero-order valence-electron chi connectivity index (χ0n) is 18.0. The van der Waals surface area contributed by atoms with Gasteiger partial charge in [0, 0.05) is 19.4 Å². The molecule has 9 heteroatoms. The minimum Gasteiger partial charge on any atom is -0.305 e. The molecule has 0 saturated carbocycles. The Balaban J connectivity index is 2.06. The number of rotatable bonds is 5. The Bertz CT molecular complexity index is 992. The largest absolute Gasteiger partial charge is 0.331 e. The minimum absolute atomic E-state index is 0.00339. The van der Waals surface area contributed by atoms with Crippen molar-refractivity contribution in [2.24, 2.45) is 0 Å². The van der Waals surface area contributed by atoms with Gasteiger partial charge in [-0.2, -0.15) is 0 Å². The second-order valence-electron chi connectivity index (χ2n) is 8.75. The van der Waals surface area contributed by atoms with E-state index in [4.69, 9.17) is 4.98 Å². The number of imidazole rings is 1. The fraction of sp³-hybridized carbons (Fsp3) is 0.550. The quantitative estimate of drug-likeness (QED) is 0.755. The number of fused-ring (bicyclic) bond motifs is 1. The van der Waals surface area contributed by atoms with Gasteiger partial charge in [-0.25, -0.2) is 18.7 Å². The van der Waals surface area contributed by atoms with E-state index in [2.05, 4.69) is 18.6 Å². The van der Waals surface area contributed by atoms with Crippen LogP contribution in [0.15, 0.2) is 18.5 Å². The molecule has 1 fully saturated rings. The van der Waals surface area contributed by atoms with Crippen LogP contribution in [0.1, 0.15) is 64.8 Å². The lowest BCUT2D eigenvalue weighted by atomic mass is 10.1. The second kappa shape index (κ2) is 7.53. The van der Waals surface area contributed by atoms with Crippen LogP contribution >= 0.6 is 0 Å². The first kappa shape index (κ1) is 21.4. The highest BCUT2D eigenvalue weighted by atomic mass is 32.2. The maximum atomic E-state index is 12.6. The molecule has 0 aromatic carbocycles. The average molecular weight is 420 g/mol. The number of imide groups is 1. The molecule has 0 bridgehead atoms. The van der Waals surface area contributed by atoms with E-state index in [0.717, 1.165) is 16.2 Å². The van der Waals surface area contributed by atoms with Gasteiger partial charge in [0.05, 0.1) is 33.2 Å². The number of amides is 3. The third kappa shape index (κ3) is 4.06. The molecule has 0 radical (unpaired) electrons. The molecule has 3 amide bonds. The molecule has 3 heterocycles. The fourth-order valence-electron chi connectivity index (χ4n) is 3.03. The summed E-state index contributed by atoms with van der Waals surface area (Å²) in [7, 11) is 0.246. The molecule has 1 aliphatic rings. The van der Waals surface area contributed by atoms with Crippen molar-refractivity contribution in [3.8, 4) is 0 Å². The molecule has 2 aromatic heterocycles. The summed E-state index contributed by atoms with van der Waals surface area (Å²) in [5.74, 6) is -0.00966. The first-order valence-electron chi connectivity index (χ1n) is 9.68. The molecule has 0 spiro atoms. The van der Waals surface area contributed by atoms with Crippen molar-refractivity contribution in [3.63, 3.8) is 0 Å². The molecule has 8 nitrogen and oxygen atoms in total. The van der Waals surface area contributed by atoms with Gasteiger partial charge in [0.15, 0.2) is 5.65 Å². The highest BCUT2D eigenvalue weighted by Gasteiger charge is 2.36. The van der Waals surface area contributed by atoms with Crippen LogP contribution in [0.4, 0.5) is 10.5 Å².